The van der Waals surface area contributed by atoms with Crippen molar-refractivity contribution in [3.63, 3.8) is 0 Å². The molecule has 1 saturated carbocycles. The van der Waals surface area contributed by atoms with E-state index in [2.05, 4.69) is 58.9 Å². The molecule has 64 heavy (non-hydrogen) atoms. The molecule has 5 aliphatic rings. The van der Waals surface area contributed by atoms with Crippen LogP contribution < -0.4 is 29.9 Å². The summed E-state index contributed by atoms with van der Waals surface area (Å²) >= 11 is 0. The van der Waals surface area contributed by atoms with Crippen molar-refractivity contribution >= 4 is 46.6 Å². The minimum atomic E-state index is -0.424. The number of imide groups is 1. The minimum absolute atomic E-state index is 0.219. The van der Waals surface area contributed by atoms with Crippen LogP contribution in [0.25, 0.3) is 10.9 Å². The maximum atomic E-state index is 15.8. The van der Waals surface area contributed by atoms with E-state index >= 15 is 4.39 Å². The Kier molecular flexibility index (Phi) is 12.6. The van der Waals surface area contributed by atoms with Crippen LogP contribution in [0.3, 0.4) is 0 Å². The number of fused-ring (bicyclic) bond motifs is 2. The number of hydrogen-bond donors (Lipinski definition) is 3. The molecule has 1 aromatic heterocycles. The summed E-state index contributed by atoms with van der Waals surface area (Å²) < 4.78 is 30.4. The van der Waals surface area contributed by atoms with Crippen molar-refractivity contribution in [2.45, 2.75) is 90.8 Å². The summed E-state index contributed by atoms with van der Waals surface area (Å²) in [6.07, 6.45) is 7.42. The SMILES string of the molecule is CC1(C)C(NC(=O)c2ccc(N3CCC(CN4CCC(n5ncc6c(N7CCC(=O)NC7=O)cccc65)CC4)CC3)c(F)c2)C(C)(C)C1Oc1ccc(C#N)c2c1CCCO2.O=CO. The predicted molar refractivity (Wildman–Crippen MR) is 238 cm³/mol. The van der Waals surface area contributed by atoms with Crippen molar-refractivity contribution < 1.29 is 38.1 Å². The van der Waals surface area contributed by atoms with Crippen molar-refractivity contribution in [2.75, 3.05) is 55.7 Å². The summed E-state index contributed by atoms with van der Waals surface area (Å²) in [5, 5.41) is 27.8. The first kappa shape index (κ1) is 44.4. The molecule has 0 radical (unpaired) electrons. The molecule has 3 aromatic carbocycles. The normalized spacial score (nSPS) is 22.2. The molecular formula is C48H57FN8O7. The molecule has 9 rings (SSSR count). The highest BCUT2D eigenvalue weighted by molar-refractivity contribution is 6.09. The van der Waals surface area contributed by atoms with Gasteiger partial charge in [-0.15, -0.1) is 0 Å². The molecule has 0 atom stereocenters. The van der Waals surface area contributed by atoms with Crippen LogP contribution in [0.2, 0.25) is 0 Å². The molecule has 1 aliphatic carbocycles. The van der Waals surface area contributed by atoms with Crippen LogP contribution in [0.5, 0.6) is 11.5 Å². The number of carbonyl (C=O) groups excluding carboxylic acids is 3. The topological polar surface area (TPSA) is 182 Å². The number of hydrogen-bond acceptors (Lipinski definition) is 10. The second-order valence-corrected chi connectivity index (χ2v) is 18.8. The van der Waals surface area contributed by atoms with Crippen molar-refractivity contribution in [1.29, 1.82) is 5.26 Å². The number of rotatable bonds is 9. The van der Waals surface area contributed by atoms with Gasteiger partial charge >= 0.3 is 6.03 Å². The number of amides is 4. The molecule has 15 nitrogen and oxygen atoms in total. The Bertz CT molecular complexity index is 2450. The van der Waals surface area contributed by atoms with E-state index in [4.69, 9.17) is 24.5 Å². The van der Waals surface area contributed by atoms with E-state index in [1.54, 1.807) is 23.1 Å². The first-order chi connectivity index (χ1) is 30.7. The Hall–Kier alpha value is -6.21. The number of ether oxygens (including phenoxy) is 2. The van der Waals surface area contributed by atoms with Gasteiger partial charge in [-0.3, -0.25) is 29.3 Å². The molecule has 4 aromatic rings. The lowest BCUT2D eigenvalue weighted by Gasteiger charge is -2.63. The summed E-state index contributed by atoms with van der Waals surface area (Å²) in [5.74, 6) is 0.906. The fourth-order valence-corrected chi connectivity index (χ4v) is 11.1. The van der Waals surface area contributed by atoms with Crippen molar-refractivity contribution in [3.8, 4) is 17.6 Å². The van der Waals surface area contributed by atoms with Crippen LogP contribution in [0.1, 0.15) is 93.7 Å². The fourth-order valence-electron chi connectivity index (χ4n) is 11.1. The molecule has 338 valence electrons. The highest BCUT2D eigenvalue weighted by Crippen LogP contribution is 2.56. The molecular weight excluding hydrogens is 820 g/mol. The summed E-state index contributed by atoms with van der Waals surface area (Å²) in [4.78, 5) is 52.6. The number of likely N-dealkylation sites (tertiary alicyclic amines) is 1. The van der Waals surface area contributed by atoms with E-state index in [0.717, 1.165) is 99.2 Å². The quantitative estimate of drug-likeness (QED) is 0.153. The molecule has 5 heterocycles. The number of nitriles is 1. The number of piperidine rings is 2. The Morgan fingerprint density at radius 1 is 1.02 bits per heavy atom. The van der Waals surface area contributed by atoms with Gasteiger partial charge in [0.25, 0.3) is 12.4 Å². The Balaban J connectivity index is 0.00000182. The van der Waals surface area contributed by atoms with Gasteiger partial charge in [-0.2, -0.15) is 10.4 Å². The monoisotopic (exact) mass is 876 g/mol. The van der Waals surface area contributed by atoms with Gasteiger partial charge in [0, 0.05) is 79.1 Å². The second-order valence-electron chi connectivity index (χ2n) is 18.8. The molecule has 4 fully saturated rings. The molecule has 0 unspecified atom stereocenters. The van der Waals surface area contributed by atoms with Gasteiger partial charge < -0.3 is 29.7 Å². The zero-order valence-electron chi connectivity index (χ0n) is 36.9. The van der Waals surface area contributed by atoms with Gasteiger partial charge in [-0.05, 0) is 86.9 Å². The first-order valence-corrected chi connectivity index (χ1v) is 22.3. The number of carbonyl (C=O) groups is 4. The molecule has 3 N–H and O–H groups in total. The lowest BCUT2D eigenvalue weighted by atomic mass is 9.49. The Labute approximate surface area is 372 Å². The third-order valence-corrected chi connectivity index (χ3v) is 14.1. The summed E-state index contributed by atoms with van der Waals surface area (Å²) in [6.45, 7) is 13.5. The third-order valence-electron chi connectivity index (χ3n) is 14.1. The summed E-state index contributed by atoms with van der Waals surface area (Å²) in [5.41, 5.74) is 3.18. The van der Waals surface area contributed by atoms with Gasteiger partial charge in [0.15, 0.2) is 0 Å². The standard InChI is InChI=1S/C47H55FN8O5.CH2O2/c1-46(2)43(47(3,4)44(46)61-39-13-11-31(26-49)41-33(39)7-6-24-60-41)52-42(58)30-10-12-38(35(48)25-30)54-21-14-29(15-22-54)28-53-19-16-32(17-20-53)56-37-9-5-8-36(34(37)27-50-56)55-23-18-40(57)51-45(55)59;2-1-3/h5,8-13,25,27,29,32,43-44H,6-7,14-24,28H2,1-4H3,(H,52,58)(H,51,57,59);1H,(H,2,3). The van der Waals surface area contributed by atoms with Crippen molar-refractivity contribution in [2.24, 2.45) is 16.7 Å². The van der Waals surface area contributed by atoms with Gasteiger partial charge in [-0.25, -0.2) is 9.18 Å². The van der Waals surface area contributed by atoms with E-state index in [0.29, 0.717) is 41.6 Å². The van der Waals surface area contributed by atoms with Crippen LogP contribution in [0.4, 0.5) is 20.6 Å². The molecule has 4 amide bonds. The first-order valence-electron chi connectivity index (χ1n) is 22.3. The third kappa shape index (κ3) is 8.45. The maximum Gasteiger partial charge on any atom is 0.328 e. The average Bonchev–Trinajstić information content (AvgIpc) is 3.73. The summed E-state index contributed by atoms with van der Waals surface area (Å²) in [7, 11) is 0. The van der Waals surface area contributed by atoms with Gasteiger partial charge in [0.2, 0.25) is 5.91 Å². The zero-order valence-corrected chi connectivity index (χ0v) is 36.9. The number of benzene rings is 3. The largest absolute Gasteiger partial charge is 0.492 e. The van der Waals surface area contributed by atoms with E-state index in [-0.39, 0.29) is 48.7 Å². The second kappa shape index (κ2) is 18.1. The number of nitrogens with one attached hydrogen (secondary N) is 2. The van der Waals surface area contributed by atoms with E-state index in [1.165, 1.54) is 6.07 Å². The van der Waals surface area contributed by atoms with Crippen LogP contribution in [0.15, 0.2) is 54.7 Å². The fraction of sp³-hybridized carbons (Fsp3) is 0.500. The molecule has 4 aliphatic heterocycles. The molecule has 16 heteroatoms. The zero-order chi connectivity index (χ0) is 45.3. The average molecular weight is 877 g/mol. The molecule has 3 saturated heterocycles. The van der Waals surface area contributed by atoms with Gasteiger partial charge in [-0.1, -0.05) is 33.8 Å². The predicted octanol–water partition coefficient (Wildman–Crippen LogP) is 6.68. The number of aromatic nitrogens is 2. The Morgan fingerprint density at radius 3 is 2.44 bits per heavy atom. The highest BCUT2D eigenvalue weighted by Gasteiger charge is 2.64. The minimum Gasteiger partial charge on any atom is -0.492 e. The van der Waals surface area contributed by atoms with Crippen LogP contribution in [-0.2, 0) is 16.0 Å². The van der Waals surface area contributed by atoms with Crippen molar-refractivity contribution in [1.82, 2.24) is 25.3 Å². The van der Waals surface area contributed by atoms with Crippen LogP contribution >= 0.6 is 0 Å². The smallest absolute Gasteiger partial charge is 0.328 e. The Morgan fingerprint density at radius 2 is 1.75 bits per heavy atom. The number of nitrogens with zero attached hydrogens (tertiary/aromatic N) is 6. The number of carboxylic acid groups (broad SMARTS) is 1. The van der Waals surface area contributed by atoms with Gasteiger partial charge in [0.05, 0.1) is 41.3 Å². The highest BCUT2D eigenvalue weighted by atomic mass is 19.1. The molecule has 0 bridgehead atoms. The van der Waals surface area contributed by atoms with E-state index in [9.17, 15) is 19.6 Å². The molecule has 0 spiro atoms. The lowest BCUT2D eigenvalue weighted by molar-refractivity contribution is -0.164. The lowest BCUT2D eigenvalue weighted by Crippen LogP contribution is -2.74. The number of anilines is 2. The van der Waals surface area contributed by atoms with Crippen molar-refractivity contribution in [3.05, 3.63) is 77.2 Å². The van der Waals surface area contributed by atoms with Gasteiger partial charge in [0.1, 0.15) is 29.5 Å². The van der Waals surface area contributed by atoms with Crippen LogP contribution in [-0.4, -0.2) is 102 Å². The number of halogens is 1. The van der Waals surface area contributed by atoms with E-state index < -0.39 is 16.9 Å². The maximum absolute atomic E-state index is 15.8. The van der Waals surface area contributed by atoms with E-state index in [1.807, 2.05) is 30.5 Å². The number of urea groups is 1. The van der Waals surface area contributed by atoms with Crippen LogP contribution in [0, 0.1) is 33.9 Å². The summed E-state index contributed by atoms with van der Waals surface area (Å²) in [6, 6.07) is 16.2.